The van der Waals surface area contributed by atoms with Crippen molar-refractivity contribution >= 4 is 5.69 Å². The van der Waals surface area contributed by atoms with Gasteiger partial charge in [-0.1, -0.05) is 31.4 Å². The summed E-state index contributed by atoms with van der Waals surface area (Å²) < 4.78 is 5.54. The summed E-state index contributed by atoms with van der Waals surface area (Å²) in [6, 6.07) is 8.72. The fourth-order valence-electron chi connectivity index (χ4n) is 2.67. The Labute approximate surface area is 113 Å². The van der Waals surface area contributed by atoms with Gasteiger partial charge in [0.25, 0.3) is 0 Å². The van der Waals surface area contributed by atoms with Gasteiger partial charge < -0.3 is 9.73 Å². The standard InChI is InChI=1S/C15H19N3O/c1-11-17-18-15(19-11)13-9-5-6-10-14(13)16-12-7-3-2-4-8-12/h5-6,9-10,12,16H,2-4,7-8H2,1H3. The van der Waals surface area contributed by atoms with Gasteiger partial charge in [-0.05, 0) is 25.0 Å². The second kappa shape index (κ2) is 5.43. The molecule has 0 unspecified atom stereocenters. The van der Waals surface area contributed by atoms with E-state index in [-0.39, 0.29) is 0 Å². The quantitative estimate of drug-likeness (QED) is 0.908. The van der Waals surface area contributed by atoms with Crippen LogP contribution in [0.4, 0.5) is 5.69 Å². The molecule has 1 heterocycles. The fourth-order valence-corrected chi connectivity index (χ4v) is 2.67. The zero-order valence-corrected chi connectivity index (χ0v) is 11.2. The normalized spacial score (nSPS) is 16.5. The molecule has 0 radical (unpaired) electrons. The van der Waals surface area contributed by atoms with E-state index in [1.807, 2.05) is 25.1 Å². The highest BCUT2D eigenvalue weighted by Gasteiger charge is 2.16. The van der Waals surface area contributed by atoms with Crippen molar-refractivity contribution in [3.8, 4) is 11.5 Å². The average Bonchev–Trinajstić information content (AvgIpc) is 2.87. The van der Waals surface area contributed by atoms with Crippen LogP contribution in [0.25, 0.3) is 11.5 Å². The lowest BCUT2D eigenvalue weighted by Gasteiger charge is -2.24. The first-order chi connectivity index (χ1) is 9.33. The third-order valence-electron chi connectivity index (χ3n) is 3.65. The molecule has 1 aliphatic carbocycles. The van der Waals surface area contributed by atoms with Gasteiger partial charge >= 0.3 is 0 Å². The van der Waals surface area contributed by atoms with Gasteiger partial charge in [0, 0.05) is 18.7 Å². The topological polar surface area (TPSA) is 51.0 Å². The molecular formula is C15H19N3O. The predicted molar refractivity (Wildman–Crippen MR) is 75.0 cm³/mol. The number of aromatic nitrogens is 2. The van der Waals surface area contributed by atoms with Crippen LogP contribution in [0.3, 0.4) is 0 Å². The molecule has 3 rings (SSSR count). The molecule has 1 fully saturated rings. The van der Waals surface area contributed by atoms with E-state index < -0.39 is 0 Å². The molecule has 0 saturated heterocycles. The Hall–Kier alpha value is -1.84. The SMILES string of the molecule is Cc1nnc(-c2ccccc2NC2CCCCC2)o1. The van der Waals surface area contributed by atoms with Gasteiger partial charge in [-0.2, -0.15) is 0 Å². The Balaban J connectivity index is 1.84. The van der Waals surface area contributed by atoms with Gasteiger partial charge in [0.2, 0.25) is 11.8 Å². The lowest BCUT2D eigenvalue weighted by Crippen LogP contribution is -2.22. The highest BCUT2D eigenvalue weighted by Crippen LogP contribution is 2.29. The van der Waals surface area contributed by atoms with Crippen LogP contribution in [0.5, 0.6) is 0 Å². The number of nitrogens with one attached hydrogen (secondary N) is 1. The number of aryl methyl sites for hydroxylation is 1. The van der Waals surface area contributed by atoms with E-state index in [4.69, 9.17) is 4.42 Å². The summed E-state index contributed by atoms with van der Waals surface area (Å²) in [4.78, 5) is 0. The minimum Gasteiger partial charge on any atom is -0.421 e. The molecule has 0 bridgehead atoms. The molecule has 100 valence electrons. The Morgan fingerprint density at radius 2 is 1.89 bits per heavy atom. The highest BCUT2D eigenvalue weighted by atomic mass is 16.4. The van der Waals surface area contributed by atoms with Gasteiger partial charge in [-0.15, -0.1) is 10.2 Å². The molecule has 1 aromatic heterocycles. The van der Waals surface area contributed by atoms with Crippen LogP contribution in [-0.2, 0) is 0 Å². The Morgan fingerprint density at radius 1 is 1.11 bits per heavy atom. The lowest BCUT2D eigenvalue weighted by molar-refractivity contribution is 0.462. The molecule has 2 aromatic rings. The summed E-state index contributed by atoms with van der Waals surface area (Å²) in [5.74, 6) is 1.19. The Kier molecular flexibility index (Phi) is 3.49. The number of rotatable bonds is 3. The molecule has 4 heteroatoms. The van der Waals surface area contributed by atoms with Crippen LogP contribution < -0.4 is 5.32 Å². The molecule has 0 amide bonds. The summed E-state index contributed by atoms with van der Waals surface area (Å²) in [7, 11) is 0. The number of hydrogen-bond acceptors (Lipinski definition) is 4. The van der Waals surface area contributed by atoms with E-state index in [1.165, 1.54) is 32.1 Å². The maximum Gasteiger partial charge on any atom is 0.249 e. The molecule has 0 aliphatic heterocycles. The molecule has 0 atom stereocenters. The molecule has 4 nitrogen and oxygen atoms in total. The molecule has 1 aromatic carbocycles. The maximum absolute atomic E-state index is 5.54. The van der Waals surface area contributed by atoms with Gasteiger partial charge in [-0.3, -0.25) is 0 Å². The number of para-hydroxylation sites is 1. The minimum atomic E-state index is 0.568. The van der Waals surface area contributed by atoms with E-state index >= 15 is 0 Å². The largest absolute Gasteiger partial charge is 0.421 e. The third kappa shape index (κ3) is 2.78. The first-order valence-corrected chi connectivity index (χ1v) is 6.99. The monoisotopic (exact) mass is 257 g/mol. The highest BCUT2D eigenvalue weighted by molar-refractivity contribution is 5.72. The zero-order valence-electron chi connectivity index (χ0n) is 11.2. The molecule has 1 saturated carbocycles. The molecular weight excluding hydrogens is 238 g/mol. The van der Waals surface area contributed by atoms with E-state index in [2.05, 4.69) is 21.6 Å². The van der Waals surface area contributed by atoms with Gasteiger partial charge in [0.05, 0.1) is 5.56 Å². The summed E-state index contributed by atoms with van der Waals surface area (Å²) in [6.07, 6.45) is 6.50. The summed E-state index contributed by atoms with van der Waals surface area (Å²) in [5, 5.41) is 11.6. The fraction of sp³-hybridized carbons (Fsp3) is 0.467. The van der Waals surface area contributed by atoms with Crippen molar-refractivity contribution in [2.24, 2.45) is 0 Å². The van der Waals surface area contributed by atoms with Crippen molar-refractivity contribution in [3.63, 3.8) is 0 Å². The van der Waals surface area contributed by atoms with Gasteiger partial charge in [0.1, 0.15) is 0 Å². The van der Waals surface area contributed by atoms with Crippen molar-refractivity contribution in [2.45, 2.75) is 45.1 Å². The minimum absolute atomic E-state index is 0.568. The van der Waals surface area contributed by atoms with E-state index in [0.717, 1.165) is 11.3 Å². The third-order valence-corrected chi connectivity index (χ3v) is 3.65. The van der Waals surface area contributed by atoms with Gasteiger partial charge in [-0.25, -0.2) is 0 Å². The lowest BCUT2D eigenvalue weighted by atomic mass is 9.95. The van der Waals surface area contributed by atoms with E-state index in [1.54, 1.807) is 0 Å². The maximum atomic E-state index is 5.54. The van der Waals surface area contributed by atoms with Crippen molar-refractivity contribution in [3.05, 3.63) is 30.2 Å². The number of benzene rings is 1. The molecule has 1 N–H and O–H groups in total. The van der Waals surface area contributed by atoms with Gasteiger partial charge in [0.15, 0.2) is 0 Å². The zero-order chi connectivity index (χ0) is 13.1. The van der Waals surface area contributed by atoms with Crippen LogP contribution >= 0.6 is 0 Å². The van der Waals surface area contributed by atoms with Crippen LogP contribution in [-0.4, -0.2) is 16.2 Å². The van der Waals surface area contributed by atoms with Crippen LogP contribution in [0.15, 0.2) is 28.7 Å². The number of nitrogens with zero attached hydrogens (tertiary/aromatic N) is 2. The number of anilines is 1. The second-order valence-corrected chi connectivity index (χ2v) is 5.15. The van der Waals surface area contributed by atoms with Crippen LogP contribution in [0, 0.1) is 6.92 Å². The van der Waals surface area contributed by atoms with Crippen molar-refractivity contribution in [1.29, 1.82) is 0 Å². The van der Waals surface area contributed by atoms with E-state index in [9.17, 15) is 0 Å². The summed E-state index contributed by atoms with van der Waals surface area (Å²) in [6.45, 7) is 1.81. The van der Waals surface area contributed by atoms with Crippen molar-refractivity contribution in [1.82, 2.24) is 10.2 Å². The Bertz CT molecular complexity index is 544. The predicted octanol–water partition coefficient (Wildman–Crippen LogP) is 3.79. The summed E-state index contributed by atoms with van der Waals surface area (Å²) in [5.41, 5.74) is 2.09. The Morgan fingerprint density at radius 3 is 2.63 bits per heavy atom. The van der Waals surface area contributed by atoms with Crippen molar-refractivity contribution < 1.29 is 4.42 Å². The number of hydrogen-bond donors (Lipinski definition) is 1. The molecule has 19 heavy (non-hydrogen) atoms. The smallest absolute Gasteiger partial charge is 0.249 e. The first-order valence-electron chi connectivity index (χ1n) is 6.99. The second-order valence-electron chi connectivity index (χ2n) is 5.15. The van der Waals surface area contributed by atoms with Crippen LogP contribution in [0.2, 0.25) is 0 Å². The molecule has 0 spiro atoms. The van der Waals surface area contributed by atoms with Crippen LogP contribution in [0.1, 0.15) is 38.0 Å². The van der Waals surface area contributed by atoms with Crippen molar-refractivity contribution in [2.75, 3.05) is 5.32 Å². The summed E-state index contributed by atoms with van der Waals surface area (Å²) >= 11 is 0. The molecule has 1 aliphatic rings. The first kappa shape index (κ1) is 12.2. The van der Waals surface area contributed by atoms with E-state index in [0.29, 0.717) is 17.8 Å². The average molecular weight is 257 g/mol.